The molecule has 9 nitrogen and oxygen atoms in total. The number of para-hydroxylation sites is 1. The molecule has 0 atom stereocenters. The van der Waals surface area contributed by atoms with Gasteiger partial charge in [0.2, 0.25) is 10.0 Å². The first-order valence-electron chi connectivity index (χ1n) is 11.1. The lowest BCUT2D eigenvalue weighted by Crippen LogP contribution is -2.30. The molecule has 1 heterocycles. The van der Waals surface area contributed by atoms with Crippen LogP contribution < -0.4 is 20.1 Å². The first-order valence-corrected chi connectivity index (χ1v) is 14.2. The summed E-state index contributed by atoms with van der Waals surface area (Å²) in [6, 6.07) is 14.4. The van der Waals surface area contributed by atoms with Gasteiger partial charge in [-0.15, -0.1) is 0 Å². The predicted molar refractivity (Wildman–Crippen MR) is 148 cm³/mol. The van der Waals surface area contributed by atoms with Crippen molar-refractivity contribution < 1.29 is 35.9 Å². The third-order valence-corrected chi connectivity index (χ3v) is 7.67. The Hall–Kier alpha value is -3.66. The number of thioether (sulfide) groups is 1. The van der Waals surface area contributed by atoms with Crippen LogP contribution in [-0.4, -0.2) is 32.0 Å². The summed E-state index contributed by atoms with van der Waals surface area (Å²) >= 11 is 4.00. The van der Waals surface area contributed by atoms with Gasteiger partial charge in [-0.25, -0.2) is 13.6 Å². The molecule has 1 aliphatic rings. The average Bonchev–Trinajstić information content (AvgIpc) is 3.15. The molecule has 2 amide bonds. The van der Waals surface area contributed by atoms with Crippen molar-refractivity contribution in [3.05, 3.63) is 87.2 Å². The van der Waals surface area contributed by atoms with Gasteiger partial charge in [0.25, 0.3) is 11.8 Å². The van der Waals surface area contributed by atoms with Gasteiger partial charge in [-0.1, -0.05) is 28.1 Å². The fourth-order valence-electron chi connectivity index (χ4n) is 3.59. The topological polar surface area (TPSA) is 143 Å². The number of hydrogen-bond acceptors (Lipinski definition) is 7. The van der Waals surface area contributed by atoms with Crippen molar-refractivity contribution >= 4 is 72.1 Å². The monoisotopic (exact) mass is 654 g/mol. The normalized spacial score (nSPS) is 15.0. The van der Waals surface area contributed by atoms with E-state index in [1.54, 1.807) is 12.1 Å². The molecular formula is C25H18BrF3N4O5S2. The smallest absolute Gasteiger partial charge is 0.418 e. The number of ether oxygens (including phenoxy) is 1. The largest absolute Gasteiger partial charge is 0.483 e. The second-order valence-electron chi connectivity index (χ2n) is 8.16. The van der Waals surface area contributed by atoms with Crippen LogP contribution in [0, 0.1) is 5.41 Å². The lowest BCUT2D eigenvalue weighted by molar-refractivity contribution is -0.137. The number of primary sulfonamides is 1. The molecule has 0 spiro atoms. The molecule has 0 aliphatic carbocycles. The number of benzene rings is 3. The quantitative estimate of drug-likeness (QED) is 0.299. The number of halogens is 4. The zero-order chi connectivity index (χ0) is 29.2. The number of alkyl halides is 3. The molecule has 1 aliphatic heterocycles. The lowest BCUT2D eigenvalue weighted by atomic mass is 10.1. The van der Waals surface area contributed by atoms with Crippen LogP contribution in [0.4, 0.5) is 24.5 Å². The first kappa shape index (κ1) is 29.3. The number of amides is 2. The maximum Gasteiger partial charge on any atom is 0.418 e. The second-order valence-corrected chi connectivity index (χ2v) is 11.7. The van der Waals surface area contributed by atoms with Crippen LogP contribution >= 0.6 is 27.7 Å². The molecule has 15 heteroatoms. The fourth-order valence-corrected chi connectivity index (χ4v) is 5.33. The van der Waals surface area contributed by atoms with Crippen LogP contribution in [-0.2, 0) is 25.8 Å². The Morgan fingerprint density at radius 2 is 1.80 bits per heavy atom. The SMILES string of the molecule is N=C1S/C(=C\c2cc(Br)ccc2OCC(=O)Nc2ccc(S(N)(=O)=O)cc2)C(=O)N1c1ccccc1C(F)(F)F. The zero-order valence-corrected chi connectivity index (χ0v) is 23.2. The number of nitrogens with zero attached hydrogens (tertiary/aromatic N) is 1. The predicted octanol–water partition coefficient (Wildman–Crippen LogP) is 5.19. The van der Waals surface area contributed by atoms with Gasteiger partial charge in [0, 0.05) is 15.7 Å². The Morgan fingerprint density at radius 1 is 1.12 bits per heavy atom. The highest BCUT2D eigenvalue weighted by Gasteiger charge is 2.40. The van der Waals surface area contributed by atoms with Crippen molar-refractivity contribution in [2.75, 3.05) is 16.8 Å². The Labute approximate surface area is 238 Å². The molecule has 0 saturated carbocycles. The summed E-state index contributed by atoms with van der Waals surface area (Å²) in [5, 5.41) is 15.4. The van der Waals surface area contributed by atoms with Crippen molar-refractivity contribution in [3.8, 4) is 5.75 Å². The van der Waals surface area contributed by atoms with E-state index in [0.29, 0.717) is 32.4 Å². The molecule has 3 aromatic rings. The van der Waals surface area contributed by atoms with Gasteiger partial charge >= 0.3 is 6.18 Å². The number of sulfonamides is 1. The van der Waals surface area contributed by atoms with E-state index in [1.807, 2.05) is 0 Å². The van der Waals surface area contributed by atoms with Crippen LogP contribution in [0.2, 0.25) is 0 Å². The fraction of sp³-hybridized carbons (Fsp3) is 0.0800. The number of amidine groups is 1. The molecule has 0 radical (unpaired) electrons. The maximum atomic E-state index is 13.5. The van der Waals surface area contributed by atoms with Crippen LogP contribution in [0.5, 0.6) is 5.75 Å². The average molecular weight is 655 g/mol. The van der Waals surface area contributed by atoms with Crippen LogP contribution in [0.15, 0.2) is 81.0 Å². The van der Waals surface area contributed by atoms with Gasteiger partial charge in [0.15, 0.2) is 11.8 Å². The van der Waals surface area contributed by atoms with Gasteiger partial charge < -0.3 is 10.1 Å². The third-order valence-electron chi connectivity index (χ3n) is 5.36. The number of rotatable bonds is 7. The minimum absolute atomic E-state index is 0.0238. The Kier molecular flexibility index (Phi) is 8.39. The van der Waals surface area contributed by atoms with Crippen LogP contribution in [0.3, 0.4) is 0 Å². The van der Waals surface area contributed by atoms with Gasteiger partial charge in [0.05, 0.1) is 21.1 Å². The Morgan fingerprint density at radius 3 is 2.45 bits per heavy atom. The molecule has 40 heavy (non-hydrogen) atoms. The molecule has 1 saturated heterocycles. The Bertz CT molecular complexity index is 1640. The number of anilines is 2. The highest BCUT2D eigenvalue weighted by Crippen LogP contribution is 2.42. The Balaban J connectivity index is 1.52. The number of nitrogens with two attached hydrogens (primary N) is 1. The van der Waals surface area contributed by atoms with E-state index < -0.39 is 51.0 Å². The van der Waals surface area contributed by atoms with Gasteiger partial charge in [-0.05, 0) is 72.4 Å². The van der Waals surface area contributed by atoms with Crippen LogP contribution in [0.25, 0.3) is 6.08 Å². The minimum atomic E-state index is -4.73. The summed E-state index contributed by atoms with van der Waals surface area (Å²) in [6.45, 7) is -0.462. The second kappa shape index (κ2) is 11.4. The summed E-state index contributed by atoms with van der Waals surface area (Å²) in [7, 11) is -3.89. The van der Waals surface area contributed by atoms with Gasteiger partial charge in [-0.3, -0.25) is 19.9 Å². The maximum absolute atomic E-state index is 13.5. The van der Waals surface area contributed by atoms with Crippen molar-refractivity contribution in [2.24, 2.45) is 5.14 Å². The molecule has 1 fully saturated rings. The van der Waals surface area contributed by atoms with Crippen molar-refractivity contribution in [1.29, 1.82) is 5.41 Å². The molecule has 208 valence electrons. The van der Waals surface area contributed by atoms with E-state index in [0.717, 1.165) is 12.1 Å². The van der Waals surface area contributed by atoms with Gasteiger partial charge in [-0.2, -0.15) is 13.2 Å². The molecule has 4 N–H and O–H groups in total. The number of hydrogen-bond donors (Lipinski definition) is 3. The summed E-state index contributed by atoms with van der Waals surface area (Å²) in [6.07, 6.45) is -3.37. The summed E-state index contributed by atoms with van der Waals surface area (Å²) in [5.41, 5.74) is -0.883. The molecule has 0 bridgehead atoms. The van der Waals surface area contributed by atoms with E-state index in [2.05, 4.69) is 21.2 Å². The van der Waals surface area contributed by atoms with E-state index >= 15 is 0 Å². The minimum Gasteiger partial charge on any atom is -0.483 e. The van der Waals surface area contributed by atoms with E-state index in [4.69, 9.17) is 15.3 Å². The number of carbonyl (C=O) groups is 2. The standard InChI is InChI=1S/C25H18BrF3N4O5S2/c26-15-5-10-20(38-13-22(34)32-16-6-8-17(9-7-16)40(31,36)37)14(11-15)12-21-23(35)33(24(30)39-21)19-4-2-1-3-18(19)25(27,28)29/h1-12,30H,13H2,(H,32,34)(H2,31,36,37)/b21-12-,30-24?. The summed E-state index contributed by atoms with van der Waals surface area (Å²) in [5.74, 6) is -1.21. The van der Waals surface area contributed by atoms with Crippen molar-refractivity contribution in [1.82, 2.24) is 0 Å². The van der Waals surface area contributed by atoms with Gasteiger partial charge in [0.1, 0.15) is 5.75 Å². The zero-order valence-electron chi connectivity index (χ0n) is 20.0. The number of carbonyl (C=O) groups excluding carboxylic acids is 2. The lowest BCUT2D eigenvalue weighted by Gasteiger charge is -2.19. The van der Waals surface area contributed by atoms with Crippen LogP contribution in [0.1, 0.15) is 11.1 Å². The summed E-state index contributed by atoms with van der Waals surface area (Å²) < 4.78 is 69.6. The first-order chi connectivity index (χ1) is 18.7. The molecule has 0 aromatic heterocycles. The third kappa shape index (κ3) is 6.72. The van der Waals surface area contributed by atoms with E-state index in [1.165, 1.54) is 48.5 Å². The van der Waals surface area contributed by atoms with Crippen molar-refractivity contribution in [2.45, 2.75) is 11.1 Å². The molecule has 0 unspecified atom stereocenters. The van der Waals surface area contributed by atoms with Crippen molar-refractivity contribution in [3.63, 3.8) is 0 Å². The number of nitrogens with one attached hydrogen (secondary N) is 2. The highest BCUT2D eigenvalue weighted by molar-refractivity contribution is 9.10. The molecular weight excluding hydrogens is 637 g/mol. The highest BCUT2D eigenvalue weighted by atomic mass is 79.9. The molecule has 3 aromatic carbocycles. The van der Waals surface area contributed by atoms with E-state index in [-0.39, 0.29) is 15.6 Å². The molecule has 4 rings (SSSR count). The van der Waals surface area contributed by atoms with E-state index in [9.17, 15) is 31.2 Å². The summed E-state index contributed by atoms with van der Waals surface area (Å²) in [4.78, 5) is 26.1.